The van der Waals surface area contributed by atoms with Crippen LogP contribution in [0.1, 0.15) is 42.5 Å². The zero-order valence-corrected chi connectivity index (χ0v) is 10.6. The molecule has 2 rings (SSSR count). The van der Waals surface area contributed by atoms with E-state index in [0.29, 0.717) is 10.0 Å². The van der Waals surface area contributed by atoms with E-state index in [2.05, 4.69) is 15.9 Å². The first-order valence-corrected chi connectivity index (χ1v) is 6.47. The van der Waals surface area contributed by atoms with Gasteiger partial charge in [0.2, 0.25) is 0 Å². The molecule has 1 aliphatic rings. The third-order valence-electron chi connectivity index (χ3n) is 3.18. The van der Waals surface area contributed by atoms with Gasteiger partial charge in [-0.15, -0.1) is 0 Å². The quantitative estimate of drug-likeness (QED) is 0.738. The Labute approximate surface area is 103 Å². The van der Waals surface area contributed by atoms with Crippen molar-refractivity contribution < 1.29 is 9.18 Å². The molecule has 0 spiro atoms. The highest BCUT2D eigenvalue weighted by Gasteiger charge is 2.22. The molecule has 1 saturated carbocycles. The van der Waals surface area contributed by atoms with E-state index >= 15 is 0 Å². The molecular weight excluding hydrogens is 271 g/mol. The van der Waals surface area contributed by atoms with E-state index in [0.717, 1.165) is 25.7 Å². The van der Waals surface area contributed by atoms with Crippen LogP contribution in [0.4, 0.5) is 4.39 Å². The molecule has 1 aliphatic carbocycles. The molecule has 0 saturated heterocycles. The van der Waals surface area contributed by atoms with E-state index in [4.69, 9.17) is 0 Å². The zero-order chi connectivity index (χ0) is 11.5. The van der Waals surface area contributed by atoms with Crippen molar-refractivity contribution in [1.29, 1.82) is 0 Å². The molecule has 0 amide bonds. The second-order valence-corrected chi connectivity index (χ2v) is 5.18. The van der Waals surface area contributed by atoms with Crippen molar-refractivity contribution in [3.05, 3.63) is 34.1 Å². The lowest BCUT2D eigenvalue weighted by molar-refractivity contribution is 0.0889. The van der Waals surface area contributed by atoms with Gasteiger partial charge < -0.3 is 0 Å². The number of carbonyl (C=O) groups excluding carboxylic acids is 1. The van der Waals surface area contributed by atoms with E-state index in [1.807, 2.05) is 0 Å². The maximum Gasteiger partial charge on any atom is 0.165 e. The Balaban J connectivity index is 2.16. The summed E-state index contributed by atoms with van der Waals surface area (Å²) in [7, 11) is 0. The Morgan fingerprint density at radius 1 is 1.25 bits per heavy atom. The topological polar surface area (TPSA) is 17.1 Å². The summed E-state index contributed by atoms with van der Waals surface area (Å²) < 4.78 is 13.4. The third kappa shape index (κ3) is 2.51. The number of hydrogen-bond donors (Lipinski definition) is 0. The fraction of sp³-hybridized carbons (Fsp3) is 0.462. The summed E-state index contributed by atoms with van der Waals surface area (Å²) in [4.78, 5) is 12.1. The minimum atomic E-state index is -0.319. The zero-order valence-electron chi connectivity index (χ0n) is 9.01. The number of ketones is 1. The fourth-order valence-corrected chi connectivity index (χ4v) is 2.63. The first-order valence-electron chi connectivity index (χ1n) is 5.68. The summed E-state index contributed by atoms with van der Waals surface area (Å²) in [5, 5.41) is 0. The molecule has 16 heavy (non-hydrogen) atoms. The largest absolute Gasteiger partial charge is 0.294 e. The van der Waals surface area contributed by atoms with Crippen LogP contribution in [0.15, 0.2) is 22.7 Å². The Morgan fingerprint density at radius 3 is 2.56 bits per heavy atom. The average Bonchev–Trinajstić information content (AvgIpc) is 2.33. The van der Waals surface area contributed by atoms with Crippen LogP contribution in [0, 0.1) is 11.7 Å². The van der Waals surface area contributed by atoms with Crippen molar-refractivity contribution in [2.75, 3.05) is 0 Å². The van der Waals surface area contributed by atoms with Crippen molar-refractivity contribution in [1.82, 2.24) is 0 Å². The van der Waals surface area contributed by atoms with Crippen LogP contribution < -0.4 is 0 Å². The monoisotopic (exact) mass is 284 g/mol. The van der Waals surface area contributed by atoms with Gasteiger partial charge in [-0.2, -0.15) is 0 Å². The van der Waals surface area contributed by atoms with Crippen molar-refractivity contribution in [2.45, 2.75) is 32.1 Å². The summed E-state index contributed by atoms with van der Waals surface area (Å²) in [5.74, 6) is -0.00768. The minimum Gasteiger partial charge on any atom is -0.294 e. The first-order chi connectivity index (χ1) is 7.68. The molecule has 0 radical (unpaired) electrons. The molecule has 0 aliphatic heterocycles. The van der Waals surface area contributed by atoms with Gasteiger partial charge >= 0.3 is 0 Å². The first kappa shape index (κ1) is 11.8. The van der Waals surface area contributed by atoms with Gasteiger partial charge in [-0.05, 0) is 47.0 Å². The molecule has 0 bridgehead atoms. The lowest BCUT2D eigenvalue weighted by Crippen LogP contribution is -2.17. The van der Waals surface area contributed by atoms with Crippen LogP contribution in [0.2, 0.25) is 0 Å². The van der Waals surface area contributed by atoms with Gasteiger partial charge in [0, 0.05) is 11.5 Å². The summed E-state index contributed by atoms with van der Waals surface area (Å²) >= 11 is 3.11. The smallest absolute Gasteiger partial charge is 0.165 e. The van der Waals surface area contributed by atoms with Gasteiger partial charge in [-0.3, -0.25) is 4.79 Å². The van der Waals surface area contributed by atoms with Crippen LogP contribution in [-0.4, -0.2) is 5.78 Å². The maximum atomic E-state index is 13.0. The van der Waals surface area contributed by atoms with E-state index in [-0.39, 0.29) is 17.5 Å². The molecule has 0 aromatic heterocycles. The number of carbonyl (C=O) groups is 1. The second kappa shape index (κ2) is 5.09. The average molecular weight is 285 g/mol. The second-order valence-electron chi connectivity index (χ2n) is 4.33. The highest BCUT2D eigenvalue weighted by Crippen LogP contribution is 2.28. The maximum absolute atomic E-state index is 13.0. The SMILES string of the molecule is O=C(c1ccc(F)c(Br)c1)C1CCCCC1. The third-order valence-corrected chi connectivity index (χ3v) is 3.79. The van der Waals surface area contributed by atoms with Crippen LogP contribution in [-0.2, 0) is 0 Å². The Kier molecular flexibility index (Phi) is 3.74. The summed E-state index contributed by atoms with van der Waals surface area (Å²) in [6.07, 6.45) is 5.47. The van der Waals surface area contributed by atoms with Gasteiger partial charge in [0.25, 0.3) is 0 Å². The van der Waals surface area contributed by atoms with Crippen molar-refractivity contribution in [3.63, 3.8) is 0 Å². The molecule has 1 aromatic carbocycles. The molecule has 1 aromatic rings. The normalized spacial score (nSPS) is 17.4. The Bertz CT molecular complexity index is 397. The molecule has 1 fully saturated rings. The van der Waals surface area contributed by atoms with E-state index < -0.39 is 0 Å². The highest BCUT2D eigenvalue weighted by molar-refractivity contribution is 9.10. The molecule has 0 atom stereocenters. The van der Waals surface area contributed by atoms with Gasteiger partial charge in [-0.1, -0.05) is 19.3 Å². The predicted molar refractivity (Wildman–Crippen MR) is 65.0 cm³/mol. The van der Waals surface area contributed by atoms with Crippen LogP contribution in [0.25, 0.3) is 0 Å². The Hall–Kier alpha value is -0.700. The van der Waals surface area contributed by atoms with Crippen molar-refractivity contribution >= 4 is 21.7 Å². The van der Waals surface area contributed by atoms with Crippen molar-refractivity contribution in [3.8, 4) is 0 Å². The van der Waals surface area contributed by atoms with Crippen LogP contribution >= 0.6 is 15.9 Å². The predicted octanol–water partition coefficient (Wildman–Crippen LogP) is 4.35. The number of rotatable bonds is 2. The highest BCUT2D eigenvalue weighted by atomic mass is 79.9. The summed E-state index contributed by atoms with van der Waals surface area (Å²) in [6, 6.07) is 4.52. The molecule has 86 valence electrons. The van der Waals surface area contributed by atoms with E-state index in [1.165, 1.54) is 12.5 Å². The summed E-state index contributed by atoms with van der Waals surface area (Å²) in [6.45, 7) is 0. The van der Waals surface area contributed by atoms with Crippen molar-refractivity contribution in [2.24, 2.45) is 5.92 Å². The number of halogens is 2. The van der Waals surface area contributed by atoms with Gasteiger partial charge in [0.05, 0.1) is 4.47 Å². The Morgan fingerprint density at radius 2 is 1.94 bits per heavy atom. The standard InChI is InChI=1S/C13H14BrFO/c14-11-8-10(6-7-12(11)15)13(16)9-4-2-1-3-5-9/h6-9H,1-5H2. The van der Waals surface area contributed by atoms with Gasteiger partial charge in [-0.25, -0.2) is 4.39 Å². The lowest BCUT2D eigenvalue weighted by Gasteiger charge is -2.20. The number of hydrogen-bond acceptors (Lipinski definition) is 1. The van der Waals surface area contributed by atoms with Crippen LogP contribution in [0.5, 0.6) is 0 Å². The number of Topliss-reactive ketones (excluding diaryl/α,β-unsaturated/α-hetero) is 1. The van der Waals surface area contributed by atoms with Gasteiger partial charge in [0.15, 0.2) is 5.78 Å². The van der Waals surface area contributed by atoms with E-state index in [1.54, 1.807) is 12.1 Å². The minimum absolute atomic E-state index is 0.145. The van der Waals surface area contributed by atoms with Gasteiger partial charge in [0.1, 0.15) is 5.82 Å². The fourth-order valence-electron chi connectivity index (χ4n) is 2.25. The molecule has 0 unspecified atom stereocenters. The van der Waals surface area contributed by atoms with Crippen LogP contribution in [0.3, 0.4) is 0 Å². The van der Waals surface area contributed by atoms with E-state index in [9.17, 15) is 9.18 Å². The lowest BCUT2D eigenvalue weighted by atomic mass is 9.84. The molecule has 3 heteroatoms. The molecule has 0 heterocycles. The number of benzene rings is 1. The molecular formula is C13H14BrFO. The molecule has 0 N–H and O–H groups in total. The summed E-state index contributed by atoms with van der Waals surface area (Å²) in [5.41, 5.74) is 0.625. The molecule has 1 nitrogen and oxygen atoms in total.